The van der Waals surface area contributed by atoms with Gasteiger partial charge in [0.15, 0.2) is 0 Å². The van der Waals surface area contributed by atoms with Gasteiger partial charge in [0.1, 0.15) is 0 Å². The number of para-hydroxylation sites is 1. The molecule has 0 amide bonds. The molecule has 3 rings (SSSR count). The first-order valence-electron chi connectivity index (χ1n) is 9.43. The van der Waals surface area contributed by atoms with Crippen LogP contribution in [0.3, 0.4) is 0 Å². The summed E-state index contributed by atoms with van der Waals surface area (Å²) in [5.41, 5.74) is 5.54. The molecule has 0 aliphatic heterocycles. The van der Waals surface area contributed by atoms with E-state index in [0.29, 0.717) is 0 Å². The van der Waals surface area contributed by atoms with Gasteiger partial charge in [-0.25, -0.2) is 0 Å². The molecule has 0 atom stereocenters. The highest BCUT2D eigenvalue weighted by Gasteiger charge is 2.07. The van der Waals surface area contributed by atoms with Gasteiger partial charge >= 0.3 is 0 Å². The molecule has 0 saturated carbocycles. The summed E-state index contributed by atoms with van der Waals surface area (Å²) >= 11 is 0. The Morgan fingerprint density at radius 2 is 1.64 bits per heavy atom. The van der Waals surface area contributed by atoms with Crippen LogP contribution in [0.15, 0.2) is 96.7 Å². The number of nitrogens with one attached hydrogen (secondary N) is 2. The molecule has 142 valence electrons. The van der Waals surface area contributed by atoms with Crippen molar-refractivity contribution in [3.05, 3.63) is 91.6 Å². The lowest BCUT2D eigenvalue weighted by Gasteiger charge is -2.18. The second kappa shape index (κ2) is 9.97. The number of benzene rings is 3. The van der Waals surface area contributed by atoms with Gasteiger partial charge in [-0.15, -0.1) is 0 Å². The third-order valence-corrected chi connectivity index (χ3v) is 4.30. The number of anilines is 3. The summed E-state index contributed by atoms with van der Waals surface area (Å²) in [6.07, 6.45) is 3.49. The molecule has 3 aromatic carbocycles. The van der Waals surface area contributed by atoms with Crippen LogP contribution in [0.5, 0.6) is 0 Å². The largest absolute Gasteiger partial charge is 0.383 e. The van der Waals surface area contributed by atoms with Crippen LogP contribution in [0.4, 0.5) is 17.1 Å². The topological polar surface area (TPSA) is 39.7 Å². The van der Waals surface area contributed by atoms with Crippen LogP contribution in [0.25, 0.3) is 11.1 Å². The Morgan fingerprint density at radius 1 is 0.929 bits per heavy atom. The third kappa shape index (κ3) is 5.24. The average molecular weight is 371 g/mol. The fourth-order valence-corrected chi connectivity index (χ4v) is 2.98. The lowest BCUT2D eigenvalue weighted by atomic mass is 10.0. The molecule has 3 aromatic rings. The van der Waals surface area contributed by atoms with Crippen molar-refractivity contribution in [2.75, 3.05) is 23.7 Å². The molecule has 0 spiro atoms. The molecule has 2 N–H and O–H groups in total. The van der Waals surface area contributed by atoms with Crippen LogP contribution in [-0.4, -0.2) is 24.3 Å². The molecule has 0 saturated heterocycles. The molecule has 0 bridgehead atoms. The molecule has 0 aliphatic carbocycles. The number of hydrazone groups is 1. The van der Waals surface area contributed by atoms with Gasteiger partial charge in [-0.3, -0.25) is 5.01 Å². The van der Waals surface area contributed by atoms with Crippen LogP contribution >= 0.6 is 0 Å². The summed E-state index contributed by atoms with van der Waals surface area (Å²) in [5.74, 6) is 0. The van der Waals surface area contributed by atoms with E-state index < -0.39 is 0 Å². The minimum absolute atomic E-state index is 0.735. The molecule has 0 radical (unpaired) electrons. The first-order valence-corrected chi connectivity index (χ1v) is 9.43. The van der Waals surface area contributed by atoms with E-state index in [4.69, 9.17) is 0 Å². The minimum Gasteiger partial charge on any atom is -0.383 e. The lowest BCUT2D eigenvalue weighted by molar-refractivity contribution is 0.417. The van der Waals surface area contributed by atoms with Gasteiger partial charge in [0.2, 0.25) is 0 Å². The first kappa shape index (κ1) is 19.2. The van der Waals surface area contributed by atoms with E-state index >= 15 is 0 Å². The predicted octanol–water partition coefficient (Wildman–Crippen LogP) is 5.96. The lowest BCUT2D eigenvalue weighted by Crippen LogP contribution is -2.19. The SMILES string of the molecule is C=CN(CCNc1cc(Nc2ccccc2)ccc1-c1ccccc1)/N=C\C. The zero-order valence-electron chi connectivity index (χ0n) is 16.2. The highest BCUT2D eigenvalue weighted by molar-refractivity contribution is 5.81. The van der Waals surface area contributed by atoms with Crippen molar-refractivity contribution in [2.45, 2.75) is 6.92 Å². The Hall–Kier alpha value is -3.53. The number of nitrogens with zero attached hydrogens (tertiary/aromatic N) is 2. The van der Waals surface area contributed by atoms with Crippen LogP contribution in [0.1, 0.15) is 6.92 Å². The molecule has 0 heterocycles. The maximum atomic E-state index is 4.27. The van der Waals surface area contributed by atoms with E-state index in [1.165, 1.54) is 11.1 Å². The van der Waals surface area contributed by atoms with Crippen LogP contribution in [0.2, 0.25) is 0 Å². The summed E-state index contributed by atoms with van der Waals surface area (Å²) in [6.45, 7) is 7.19. The highest BCUT2D eigenvalue weighted by Crippen LogP contribution is 2.31. The average Bonchev–Trinajstić information content (AvgIpc) is 2.75. The van der Waals surface area contributed by atoms with Gasteiger partial charge in [0.25, 0.3) is 0 Å². The highest BCUT2D eigenvalue weighted by atomic mass is 15.4. The smallest absolute Gasteiger partial charge is 0.0581 e. The molecular weight excluding hydrogens is 344 g/mol. The van der Waals surface area contributed by atoms with Gasteiger partial charge in [0, 0.05) is 41.6 Å². The van der Waals surface area contributed by atoms with E-state index in [-0.39, 0.29) is 0 Å². The van der Waals surface area contributed by atoms with E-state index in [9.17, 15) is 0 Å². The zero-order chi connectivity index (χ0) is 19.6. The summed E-state index contributed by atoms with van der Waals surface area (Å²) in [7, 11) is 0. The minimum atomic E-state index is 0.735. The van der Waals surface area contributed by atoms with Crippen molar-refractivity contribution in [3.63, 3.8) is 0 Å². The van der Waals surface area contributed by atoms with Crippen molar-refractivity contribution in [2.24, 2.45) is 5.10 Å². The third-order valence-electron chi connectivity index (χ3n) is 4.30. The summed E-state index contributed by atoms with van der Waals surface area (Å²) in [5, 5.41) is 13.1. The van der Waals surface area contributed by atoms with Gasteiger partial charge in [-0.05, 0) is 36.8 Å². The van der Waals surface area contributed by atoms with Crippen molar-refractivity contribution in [1.82, 2.24) is 5.01 Å². The summed E-state index contributed by atoms with van der Waals surface area (Å²) in [6, 6.07) is 27.0. The Morgan fingerprint density at radius 3 is 2.32 bits per heavy atom. The van der Waals surface area contributed by atoms with Crippen molar-refractivity contribution in [3.8, 4) is 11.1 Å². The molecule has 28 heavy (non-hydrogen) atoms. The molecule has 0 aromatic heterocycles. The van der Waals surface area contributed by atoms with E-state index in [2.05, 4.69) is 76.9 Å². The van der Waals surface area contributed by atoms with Crippen LogP contribution in [0, 0.1) is 0 Å². The Labute approximate surface area is 167 Å². The van der Waals surface area contributed by atoms with E-state index in [1.807, 2.05) is 36.2 Å². The number of hydrogen-bond acceptors (Lipinski definition) is 4. The second-order valence-electron chi connectivity index (χ2n) is 6.26. The second-order valence-corrected chi connectivity index (χ2v) is 6.26. The molecule has 0 aliphatic rings. The fourth-order valence-electron chi connectivity index (χ4n) is 2.98. The molecular formula is C24H26N4. The molecule has 0 fully saturated rings. The van der Waals surface area contributed by atoms with Gasteiger partial charge in [-0.1, -0.05) is 61.2 Å². The molecule has 4 heteroatoms. The van der Waals surface area contributed by atoms with E-state index in [1.54, 1.807) is 12.4 Å². The maximum absolute atomic E-state index is 4.27. The first-order chi connectivity index (χ1) is 13.8. The molecule has 0 unspecified atom stereocenters. The maximum Gasteiger partial charge on any atom is 0.0581 e. The Bertz CT molecular complexity index is 904. The fraction of sp³-hybridized carbons (Fsp3) is 0.125. The standard InChI is InChI=1S/C24H26N4/c1-3-26-28(4-2)18-17-25-24-19-22(27-21-13-9-6-10-14-21)15-16-23(24)20-11-7-5-8-12-20/h3-16,19,25,27H,2,17-18H2,1H3/b26-3-. The van der Waals surface area contributed by atoms with E-state index in [0.717, 1.165) is 30.2 Å². The summed E-state index contributed by atoms with van der Waals surface area (Å²) < 4.78 is 0. The van der Waals surface area contributed by atoms with Gasteiger partial charge in [0.05, 0.1) is 6.54 Å². The van der Waals surface area contributed by atoms with Crippen LogP contribution in [-0.2, 0) is 0 Å². The Balaban J connectivity index is 1.82. The van der Waals surface area contributed by atoms with Gasteiger partial charge < -0.3 is 10.6 Å². The van der Waals surface area contributed by atoms with Crippen molar-refractivity contribution in [1.29, 1.82) is 0 Å². The number of rotatable bonds is 9. The molecule has 4 nitrogen and oxygen atoms in total. The van der Waals surface area contributed by atoms with Gasteiger partial charge in [-0.2, -0.15) is 5.10 Å². The number of hydrogen-bond donors (Lipinski definition) is 2. The van der Waals surface area contributed by atoms with Crippen molar-refractivity contribution < 1.29 is 0 Å². The normalized spacial score (nSPS) is 10.6. The van der Waals surface area contributed by atoms with Crippen molar-refractivity contribution >= 4 is 23.3 Å². The monoisotopic (exact) mass is 370 g/mol. The zero-order valence-corrected chi connectivity index (χ0v) is 16.2. The quantitative estimate of drug-likeness (QED) is 0.360. The van der Waals surface area contributed by atoms with Crippen LogP contribution < -0.4 is 10.6 Å². The Kier molecular flexibility index (Phi) is 6.85. The predicted molar refractivity (Wildman–Crippen MR) is 121 cm³/mol. The summed E-state index contributed by atoms with van der Waals surface area (Å²) in [4.78, 5) is 0.